The zero-order valence-corrected chi connectivity index (χ0v) is 12.1. The minimum atomic E-state index is -5.34. The number of hydrogen-bond acceptors (Lipinski definition) is 6. The third-order valence-corrected chi connectivity index (χ3v) is 4.58. The molecule has 1 atom stereocenters. The summed E-state index contributed by atoms with van der Waals surface area (Å²) < 4.78 is 67.9. The summed E-state index contributed by atoms with van der Waals surface area (Å²) in [6.45, 7) is -1.29. The average Bonchev–Trinajstić information content (AvgIpc) is 2.35. The van der Waals surface area contributed by atoms with Gasteiger partial charge in [0, 0.05) is 0 Å². The van der Waals surface area contributed by atoms with Crippen molar-refractivity contribution in [2.45, 2.75) is 16.4 Å². The van der Waals surface area contributed by atoms with Crippen LogP contribution in [0, 0.1) is 0 Å². The van der Waals surface area contributed by atoms with E-state index >= 15 is 0 Å². The largest absolute Gasteiger partial charge is 0.497 e. The number of nitrogens with zero attached hydrogens (tertiary/aromatic N) is 1. The highest BCUT2D eigenvalue weighted by Crippen LogP contribution is 2.32. The molecule has 0 saturated heterocycles. The molecule has 0 bridgehead atoms. The number of ether oxygens (including phenoxy) is 1. The Hall–Kier alpha value is -1.85. The molecular formula is C11H13F3N2O5S. The van der Waals surface area contributed by atoms with Crippen molar-refractivity contribution in [3.8, 4) is 5.75 Å². The lowest BCUT2D eigenvalue weighted by molar-refractivity contribution is -0.223. The van der Waals surface area contributed by atoms with Crippen LogP contribution in [0.2, 0.25) is 0 Å². The first-order valence-corrected chi connectivity index (χ1v) is 7.23. The summed E-state index contributed by atoms with van der Waals surface area (Å²) in [6, 6.07) is 4.09. The zero-order valence-electron chi connectivity index (χ0n) is 11.2. The lowest BCUT2D eigenvalue weighted by atomic mass is 10.3. The van der Waals surface area contributed by atoms with Gasteiger partial charge in [0.1, 0.15) is 12.3 Å². The standard InChI is InChI=1S/C11H13F3N2O5S/c1-21-7-2-4-8(5-3-7)22(19,20)10(11(12,13)14)16(18)6-9(15)17/h2-5,10,18H,6H2,1H3,(H2,15,17). The van der Waals surface area contributed by atoms with Crippen molar-refractivity contribution in [1.29, 1.82) is 0 Å². The Bertz CT molecular complexity index is 630. The van der Waals surface area contributed by atoms with E-state index < -0.39 is 43.8 Å². The van der Waals surface area contributed by atoms with Gasteiger partial charge >= 0.3 is 6.18 Å². The molecular weight excluding hydrogens is 329 g/mol. The second-order valence-electron chi connectivity index (χ2n) is 4.18. The van der Waals surface area contributed by atoms with Crippen LogP contribution in [0.4, 0.5) is 13.2 Å². The van der Waals surface area contributed by atoms with Gasteiger partial charge in [-0.3, -0.25) is 4.79 Å². The second-order valence-corrected chi connectivity index (χ2v) is 6.19. The smallest absolute Gasteiger partial charge is 0.420 e. The summed E-state index contributed by atoms with van der Waals surface area (Å²) in [6.07, 6.45) is -5.34. The summed E-state index contributed by atoms with van der Waals surface area (Å²) in [4.78, 5) is 9.93. The van der Waals surface area contributed by atoms with Crippen LogP contribution in [0.25, 0.3) is 0 Å². The molecule has 1 rings (SSSR count). The summed E-state index contributed by atoms with van der Waals surface area (Å²) in [5.74, 6) is -1.08. The van der Waals surface area contributed by atoms with Gasteiger partial charge < -0.3 is 15.7 Å². The highest BCUT2D eigenvalue weighted by molar-refractivity contribution is 7.92. The normalized spacial score (nSPS) is 13.9. The number of hydrogen-bond donors (Lipinski definition) is 2. The predicted molar refractivity (Wildman–Crippen MR) is 67.7 cm³/mol. The van der Waals surface area contributed by atoms with E-state index in [9.17, 15) is 31.6 Å². The van der Waals surface area contributed by atoms with Gasteiger partial charge in [0.15, 0.2) is 0 Å². The summed E-state index contributed by atoms with van der Waals surface area (Å²) in [5.41, 5.74) is 4.67. The molecule has 3 N–H and O–H groups in total. The number of sulfone groups is 1. The predicted octanol–water partition coefficient (Wildman–Crippen LogP) is 0.534. The third kappa shape index (κ3) is 4.08. The summed E-state index contributed by atoms with van der Waals surface area (Å²) >= 11 is 0. The number of amides is 1. The maximum absolute atomic E-state index is 13.0. The van der Waals surface area contributed by atoms with Gasteiger partial charge in [-0.1, -0.05) is 0 Å². The maximum Gasteiger partial charge on any atom is 0.420 e. The second kappa shape index (κ2) is 6.50. The number of primary amides is 1. The number of rotatable bonds is 6. The van der Waals surface area contributed by atoms with E-state index in [1.807, 2.05) is 0 Å². The molecule has 11 heteroatoms. The average molecular weight is 342 g/mol. The van der Waals surface area contributed by atoms with Crippen LogP contribution in [0.15, 0.2) is 29.2 Å². The Kier molecular flexibility index (Phi) is 5.38. The molecule has 0 spiro atoms. The third-order valence-electron chi connectivity index (χ3n) is 2.55. The minimum Gasteiger partial charge on any atom is -0.497 e. The van der Waals surface area contributed by atoms with Crippen LogP contribution in [-0.4, -0.2) is 49.8 Å². The SMILES string of the molecule is COc1ccc(S(=O)(=O)C(N(O)CC(N)=O)C(F)(F)F)cc1. The van der Waals surface area contributed by atoms with Crippen LogP contribution < -0.4 is 10.5 Å². The van der Waals surface area contributed by atoms with Crippen molar-refractivity contribution in [3.63, 3.8) is 0 Å². The lowest BCUT2D eigenvalue weighted by Crippen LogP contribution is -2.51. The summed E-state index contributed by atoms with van der Waals surface area (Å²) in [7, 11) is -3.75. The number of carbonyl (C=O) groups is 1. The van der Waals surface area contributed by atoms with Crippen LogP contribution in [-0.2, 0) is 14.6 Å². The first-order valence-electron chi connectivity index (χ1n) is 5.68. The zero-order chi connectivity index (χ0) is 17.1. The van der Waals surface area contributed by atoms with Gasteiger partial charge in [-0.15, -0.1) is 0 Å². The van der Waals surface area contributed by atoms with Crippen molar-refractivity contribution in [2.75, 3.05) is 13.7 Å². The van der Waals surface area contributed by atoms with E-state index in [-0.39, 0.29) is 5.75 Å². The molecule has 124 valence electrons. The van der Waals surface area contributed by atoms with Crippen molar-refractivity contribution < 1.29 is 36.3 Å². The fraction of sp³-hybridized carbons (Fsp3) is 0.364. The number of alkyl halides is 3. The Labute approximate surface area is 124 Å². The molecule has 1 amide bonds. The molecule has 7 nitrogen and oxygen atoms in total. The highest BCUT2D eigenvalue weighted by atomic mass is 32.2. The van der Waals surface area contributed by atoms with Gasteiger partial charge in [-0.2, -0.15) is 18.2 Å². The maximum atomic E-state index is 13.0. The van der Waals surface area contributed by atoms with Gasteiger partial charge in [0.05, 0.1) is 12.0 Å². The lowest BCUT2D eigenvalue weighted by Gasteiger charge is -2.26. The molecule has 1 unspecified atom stereocenters. The van der Waals surface area contributed by atoms with Gasteiger partial charge in [0.2, 0.25) is 21.1 Å². The van der Waals surface area contributed by atoms with Gasteiger partial charge in [-0.05, 0) is 24.3 Å². The molecule has 0 aliphatic heterocycles. The number of methoxy groups -OCH3 is 1. The summed E-state index contributed by atoms with van der Waals surface area (Å²) in [5, 5.41) is 5.35. The fourth-order valence-electron chi connectivity index (χ4n) is 1.64. The monoisotopic (exact) mass is 342 g/mol. The minimum absolute atomic E-state index is 0.237. The van der Waals surface area contributed by atoms with Crippen LogP contribution in [0.3, 0.4) is 0 Å². The number of halogens is 3. The van der Waals surface area contributed by atoms with Gasteiger partial charge in [0.25, 0.3) is 0 Å². The number of hydroxylamine groups is 2. The molecule has 0 aliphatic rings. The number of benzene rings is 1. The molecule has 22 heavy (non-hydrogen) atoms. The Morgan fingerprint density at radius 1 is 1.36 bits per heavy atom. The molecule has 1 aromatic carbocycles. The first-order chi connectivity index (χ1) is 10.00. The molecule has 0 saturated carbocycles. The Morgan fingerprint density at radius 3 is 2.23 bits per heavy atom. The molecule has 0 fully saturated rings. The fourth-order valence-corrected chi connectivity index (χ4v) is 3.16. The van der Waals surface area contributed by atoms with E-state index in [4.69, 9.17) is 4.74 Å². The Morgan fingerprint density at radius 2 is 1.86 bits per heavy atom. The van der Waals surface area contributed by atoms with Crippen LogP contribution in [0.1, 0.15) is 0 Å². The van der Waals surface area contributed by atoms with Crippen molar-refractivity contribution in [3.05, 3.63) is 24.3 Å². The first kappa shape index (κ1) is 18.2. The van der Waals surface area contributed by atoms with E-state index in [0.29, 0.717) is 0 Å². The van der Waals surface area contributed by atoms with E-state index in [0.717, 1.165) is 24.3 Å². The number of carbonyl (C=O) groups excluding carboxylic acids is 1. The van der Waals surface area contributed by atoms with Crippen molar-refractivity contribution in [2.24, 2.45) is 5.73 Å². The molecule has 0 radical (unpaired) electrons. The number of nitrogens with two attached hydrogens (primary N) is 1. The Balaban J connectivity index is 3.29. The molecule has 0 heterocycles. The highest BCUT2D eigenvalue weighted by Gasteiger charge is 2.53. The van der Waals surface area contributed by atoms with Crippen molar-refractivity contribution in [1.82, 2.24) is 5.06 Å². The molecule has 0 aromatic heterocycles. The topological polar surface area (TPSA) is 110 Å². The van der Waals surface area contributed by atoms with E-state index in [1.165, 1.54) is 7.11 Å². The van der Waals surface area contributed by atoms with Crippen molar-refractivity contribution >= 4 is 15.7 Å². The van der Waals surface area contributed by atoms with Crippen LogP contribution in [0.5, 0.6) is 5.75 Å². The van der Waals surface area contributed by atoms with E-state index in [2.05, 4.69) is 5.73 Å². The van der Waals surface area contributed by atoms with Crippen LogP contribution >= 0.6 is 0 Å². The van der Waals surface area contributed by atoms with Gasteiger partial charge in [-0.25, -0.2) is 8.42 Å². The molecule has 1 aromatic rings. The van der Waals surface area contributed by atoms with E-state index in [1.54, 1.807) is 0 Å². The quantitative estimate of drug-likeness (QED) is 0.730. The molecule has 0 aliphatic carbocycles.